The van der Waals surface area contributed by atoms with E-state index in [-0.39, 0.29) is 17.6 Å². The van der Waals surface area contributed by atoms with Gasteiger partial charge in [0.2, 0.25) is 0 Å². The lowest BCUT2D eigenvalue weighted by Crippen LogP contribution is -2.19. The minimum Gasteiger partial charge on any atom is -0.382 e. The highest BCUT2D eigenvalue weighted by Gasteiger charge is 2.12. The summed E-state index contributed by atoms with van der Waals surface area (Å²) in [6, 6.07) is 6.63. The minimum absolute atomic E-state index is 0.0343. The predicted molar refractivity (Wildman–Crippen MR) is 83.9 cm³/mol. The molecule has 0 fully saturated rings. The molecular formula is C15H19FN2O2S. The van der Waals surface area contributed by atoms with Gasteiger partial charge in [-0.05, 0) is 32.4 Å². The summed E-state index contributed by atoms with van der Waals surface area (Å²) in [7, 11) is -2.98. The largest absolute Gasteiger partial charge is 0.382 e. The van der Waals surface area contributed by atoms with Crippen LogP contribution in [0.3, 0.4) is 0 Å². The van der Waals surface area contributed by atoms with Crippen LogP contribution in [-0.4, -0.2) is 31.5 Å². The second-order valence-electron chi connectivity index (χ2n) is 5.41. The molecule has 6 heteroatoms. The quantitative estimate of drug-likeness (QED) is 0.922. The predicted octanol–water partition coefficient (Wildman–Crippen LogP) is 2.92. The normalized spacial score (nSPS) is 13.3. The third kappa shape index (κ3) is 4.14. The Morgan fingerprint density at radius 1 is 1.38 bits per heavy atom. The zero-order valence-electron chi connectivity index (χ0n) is 12.4. The van der Waals surface area contributed by atoms with E-state index < -0.39 is 9.84 Å². The average molecular weight is 310 g/mol. The van der Waals surface area contributed by atoms with Gasteiger partial charge in [0.05, 0.1) is 5.75 Å². The minimum atomic E-state index is -2.98. The molecule has 21 heavy (non-hydrogen) atoms. The first-order valence-corrected chi connectivity index (χ1v) is 8.82. The van der Waals surface area contributed by atoms with Crippen LogP contribution in [0.25, 0.3) is 10.9 Å². The molecule has 0 radical (unpaired) electrons. The Bertz CT molecular complexity index is 760. The van der Waals surface area contributed by atoms with Crippen molar-refractivity contribution in [3.63, 3.8) is 0 Å². The molecule has 0 bridgehead atoms. The van der Waals surface area contributed by atoms with Crippen LogP contribution in [0.1, 0.15) is 19.0 Å². The first kappa shape index (κ1) is 15.7. The SMILES string of the molecule is Cc1cc(NC(C)CCS(C)(=O)=O)c2cccc(F)c2n1. The van der Waals surface area contributed by atoms with Crippen LogP contribution in [0.2, 0.25) is 0 Å². The van der Waals surface area contributed by atoms with Gasteiger partial charge in [-0.2, -0.15) is 0 Å². The fourth-order valence-corrected chi connectivity index (χ4v) is 2.97. The highest BCUT2D eigenvalue weighted by Crippen LogP contribution is 2.25. The van der Waals surface area contributed by atoms with Crippen molar-refractivity contribution < 1.29 is 12.8 Å². The molecule has 4 nitrogen and oxygen atoms in total. The van der Waals surface area contributed by atoms with Gasteiger partial charge >= 0.3 is 0 Å². The maximum atomic E-state index is 13.8. The number of aromatic nitrogens is 1. The van der Waals surface area contributed by atoms with Crippen LogP contribution in [0, 0.1) is 12.7 Å². The maximum absolute atomic E-state index is 13.8. The number of fused-ring (bicyclic) bond motifs is 1. The topological polar surface area (TPSA) is 59.1 Å². The summed E-state index contributed by atoms with van der Waals surface area (Å²) in [5, 5.41) is 3.96. The van der Waals surface area contributed by atoms with Crippen LogP contribution in [0.5, 0.6) is 0 Å². The summed E-state index contributed by atoms with van der Waals surface area (Å²) in [4.78, 5) is 4.22. The Kier molecular flexibility index (Phi) is 4.46. The smallest absolute Gasteiger partial charge is 0.149 e. The first-order chi connectivity index (χ1) is 9.76. The molecule has 1 unspecified atom stereocenters. The van der Waals surface area contributed by atoms with Crippen molar-refractivity contribution in [3.8, 4) is 0 Å². The first-order valence-electron chi connectivity index (χ1n) is 6.76. The lowest BCUT2D eigenvalue weighted by molar-refractivity contribution is 0.596. The van der Waals surface area contributed by atoms with Gasteiger partial charge in [0.25, 0.3) is 0 Å². The van der Waals surface area contributed by atoms with E-state index in [0.29, 0.717) is 23.0 Å². The van der Waals surface area contributed by atoms with Crippen molar-refractivity contribution in [2.75, 3.05) is 17.3 Å². The van der Waals surface area contributed by atoms with E-state index in [1.54, 1.807) is 19.1 Å². The summed E-state index contributed by atoms with van der Waals surface area (Å²) < 4.78 is 36.2. The Balaban J connectivity index is 2.28. The number of anilines is 1. The van der Waals surface area contributed by atoms with Gasteiger partial charge in [0.15, 0.2) is 0 Å². The Morgan fingerprint density at radius 3 is 2.76 bits per heavy atom. The van der Waals surface area contributed by atoms with Crippen molar-refractivity contribution in [1.29, 1.82) is 0 Å². The van der Waals surface area contributed by atoms with Gasteiger partial charge in [-0.1, -0.05) is 12.1 Å². The van der Waals surface area contributed by atoms with Crippen molar-refractivity contribution in [2.45, 2.75) is 26.3 Å². The van der Waals surface area contributed by atoms with Crippen LogP contribution in [-0.2, 0) is 9.84 Å². The van der Waals surface area contributed by atoms with Crippen molar-refractivity contribution in [2.24, 2.45) is 0 Å². The van der Waals surface area contributed by atoms with Crippen LogP contribution in [0.4, 0.5) is 10.1 Å². The zero-order valence-corrected chi connectivity index (χ0v) is 13.2. The van der Waals surface area contributed by atoms with Gasteiger partial charge in [-0.25, -0.2) is 17.8 Å². The molecule has 1 heterocycles. The van der Waals surface area contributed by atoms with E-state index >= 15 is 0 Å². The highest BCUT2D eigenvalue weighted by atomic mass is 32.2. The van der Waals surface area contributed by atoms with Gasteiger partial charge < -0.3 is 5.32 Å². The van der Waals surface area contributed by atoms with Gasteiger partial charge in [-0.15, -0.1) is 0 Å². The third-order valence-corrected chi connectivity index (χ3v) is 4.22. The van der Waals surface area contributed by atoms with Crippen LogP contribution in [0.15, 0.2) is 24.3 Å². The summed E-state index contributed by atoms with van der Waals surface area (Å²) >= 11 is 0. The third-order valence-electron chi connectivity index (χ3n) is 3.24. The molecule has 0 saturated carbocycles. The number of aryl methyl sites for hydroxylation is 1. The molecule has 0 saturated heterocycles. The molecule has 1 aromatic carbocycles. The number of rotatable bonds is 5. The summed E-state index contributed by atoms with van der Waals surface area (Å²) in [6.07, 6.45) is 1.72. The van der Waals surface area contributed by atoms with Crippen LogP contribution >= 0.6 is 0 Å². The number of benzene rings is 1. The summed E-state index contributed by atoms with van der Waals surface area (Å²) in [5.74, 6) is -0.236. The fourth-order valence-electron chi connectivity index (χ4n) is 2.19. The van der Waals surface area contributed by atoms with E-state index in [9.17, 15) is 12.8 Å². The van der Waals surface area contributed by atoms with Crippen LogP contribution < -0.4 is 5.32 Å². The number of para-hydroxylation sites is 1. The van der Waals surface area contributed by atoms with E-state index in [4.69, 9.17) is 0 Å². The van der Waals surface area contributed by atoms with E-state index in [2.05, 4.69) is 10.3 Å². The van der Waals surface area contributed by atoms with Gasteiger partial charge in [-0.3, -0.25) is 0 Å². The van der Waals surface area contributed by atoms with Gasteiger partial charge in [0.1, 0.15) is 21.2 Å². The monoisotopic (exact) mass is 310 g/mol. The molecule has 0 aliphatic rings. The highest BCUT2D eigenvalue weighted by molar-refractivity contribution is 7.90. The number of pyridine rings is 1. The van der Waals surface area contributed by atoms with Crippen molar-refractivity contribution in [3.05, 3.63) is 35.8 Å². The van der Waals surface area contributed by atoms with Crippen molar-refractivity contribution in [1.82, 2.24) is 4.98 Å². The second-order valence-corrected chi connectivity index (χ2v) is 7.67. The number of nitrogens with one attached hydrogen (secondary N) is 1. The van der Waals surface area contributed by atoms with E-state index in [1.807, 2.05) is 13.0 Å². The average Bonchev–Trinajstić information content (AvgIpc) is 2.37. The van der Waals surface area contributed by atoms with E-state index in [0.717, 1.165) is 5.69 Å². The number of hydrogen-bond donors (Lipinski definition) is 1. The second kappa shape index (κ2) is 5.97. The Morgan fingerprint density at radius 2 is 2.10 bits per heavy atom. The molecule has 2 rings (SSSR count). The van der Waals surface area contributed by atoms with Crippen molar-refractivity contribution >= 4 is 26.4 Å². The molecule has 1 atom stereocenters. The number of hydrogen-bond acceptors (Lipinski definition) is 4. The molecule has 0 aliphatic heterocycles. The molecule has 0 spiro atoms. The molecule has 0 aliphatic carbocycles. The number of sulfone groups is 1. The Labute approximate surface area is 124 Å². The fraction of sp³-hybridized carbons (Fsp3) is 0.400. The Hall–Kier alpha value is -1.69. The lowest BCUT2D eigenvalue weighted by Gasteiger charge is -2.17. The standard InChI is InChI=1S/C15H19FN2O2S/c1-10(7-8-21(3,19)20)17-14-9-11(2)18-15-12(14)5-4-6-13(15)16/h4-6,9-10H,7-8H2,1-3H3,(H,17,18). The molecule has 114 valence electrons. The number of nitrogens with zero attached hydrogens (tertiary/aromatic N) is 1. The zero-order chi connectivity index (χ0) is 15.6. The lowest BCUT2D eigenvalue weighted by atomic mass is 10.1. The van der Waals surface area contributed by atoms with E-state index in [1.165, 1.54) is 12.3 Å². The molecular weight excluding hydrogens is 291 g/mol. The van der Waals surface area contributed by atoms with Gasteiger partial charge in [0, 0.05) is 29.1 Å². The summed E-state index contributed by atoms with van der Waals surface area (Å²) in [5.41, 5.74) is 1.82. The summed E-state index contributed by atoms with van der Waals surface area (Å²) in [6.45, 7) is 3.71. The number of halogens is 1. The maximum Gasteiger partial charge on any atom is 0.149 e. The molecule has 1 aromatic heterocycles. The molecule has 0 amide bonds. The molecule has 2 aromatic rings. The molecule has 1 N–H and O–H groups in total.